The quantitative estimate of drug-likeness (QED) is 0.0231. The molecule has 334 valence electrons. The Morgan fingerprint density at radius 2 is 0.947 bits per heavy atom. The third-order valence-electron chi connectivity index (χ3n) is 9.95. The summed E-state index contributed by atoms with van der Waals surface area (Å²) in [6, 6.07) is -1.52. The first kappa shape index (κ1) is 55.0. The van der Waals surface area contributed by atoms with Gasteiger partial charge in [-0.3, -0.25) is 23.4 Å². The van der Waals surface area contributed by atoms with Crippen molar-refractivity contribution in [3.8, 4) is 0 Å². The van der Waals surface area contributed by atoms with Crippen molar-refractivity contribution in [1.29, 1.82) is 0 Å². The molecule has 0 saturated heterocycles. The summed E-state index contributed by atoms with van der Waals surface area (Å²) in [6.45, 7) is 2.78. The summed E-state index contributed by atoms with van der Waals surface area (Å²) in [4.78, 5) is 46.0. The van der Waals surface area contributed by atoms with Crippen LogP contribution >= 0.6 is 7.82 Å². The molecule has 0 heterocycles. The average Bonchev–Trinajstić information content (AvgIpc) is 3.19. The van der Waals surface area contributed by atoms with Gasteiger partial charge in [0.25, 0.3) is 0 Å². The van der Waals surface area contributed by atoms with E-state index in [1.165, 1.54) is 122 Å². The number of carbonyl (C=O) groups excluding carboxylic acids is 2. The number of hydrogen-bond donors (Lipinski definition) is 3. The van der Waals surface area contributed by atoms with Gasteiger partial charge in [-0.1, -0.05) is 186 Å². The average molecular weight is 830 g/mol. The van der Waals surface area contributed by atoms with E-state index in [2.05, 4.69) is 42.7 Å². The number of ether oxygens (including phenoxy) is 2. The Bertz CT molecular complexity index is 1070. The fourth-order valence-electron chi connectivity index (χ4n) is 6.32. The lowest BCUT2D eigenvalue weighted by molar-refractivity contribution is -0.161. The lowest BCUT2D eigenvalue weighted by Gasteiger charge is -2.20. The molecule has 0 aromatic heterocycles. The Hall–Kier alpha value is -2.04. The van der Waals surface area contributed by atoms with Crippen LogP contribution in [0.4, 0.5) is 0 Å². The highest BCUT2D eigenvalue weighted by atomic mass is 31.2. The molecule has 0 aliphatic rings. The Morgan fingerprint density at radius 1 is 0.544 bits per heavy atom. The van der Waals surface area contributed by atoms with Crippen LogP contribution in [0.1, 0.15) is 213 Å². The molecule has 0 spiro atoms. The molecule has 0 fully saturated rings. The van der Waals surface area contributed by atoms with Gasteiger partial charge in [-0.15, -0.1) is 0 Å². The van der Waals surface area contributed by atoms with Gasteiger partial charge in [0, 0.05) is 12.8 Å². The number of allylic oxidation sites excluding steroid dienone is 4. The predicted octanol–water partition coefficient (Wildman–Crippen LogP) is 12.2. The molecule has 0 radical (unpaired) electrons. The SMILES string of the molecule is CCCC/C=C\C/C=C\CCCCCCCCCCCC(=O)O[C@H](COC(=O)CCCCCCCCCCCCCCCCC)COP(=O)(O)OC[C@H](N)C(=O)O. The molecular weight excluding hydrogens is 745 g/mol. The first-order chi connectivity index (χ1) is 27.6. The predicted molar refractivity (Wildman–Crippen MR) is 231 cm³/mol. The molecule has 3 atom stereocenters. The summed E-state index contributed by atoms with van der Waals surface area (Å²) in [5.74, 6) is -2.37. The highest BCUT2D eigenvalue weighted by Gasteiger charge is 2.28. The van der Waals surface area contributed by atoms with Crippen LogP contribution < -0.4 is 5.73 Å². The second kappa shape index (κ2) is 40.7. The summed E-state index contributed by atoms with van der Waals surface area (Å²) >= 11 is 0. The molecule has 0 aliphatic carbocycles. The number of unbranched alkanes of at least 4 members (excludes halogenated alkanes) is 25. The summed E-state index contributed by atoms with van der Waals surface area (Å²) < 4.78 is 32.7. The summed E-state index contributed by atoms with van der Waals surface area (Å²) in [5.41, 5.74) is 5.34. The second-order valence-corrected chi connectivity index (χ2v) is 17.0. The molecule has 11 nitrogen and oxygen atoms in total. The standard InChI is InChI=1S/C45H84NO10P/c1-3-5-7-9-11-13-15-17-19-20-21-23-25-27-29-31-33-35-37-44(48)56-41(39-54-57(51,52)55-40-42(46)45(49)50)38-53-43(47)36-34-32-30-28-26-24-22-18-16-14-12-10-8-6-4-2/h9,11,15,17,41-42H,3-8,10,12-14,16,18-40,46H2,1-2H3,(H,49,50)(H,51,52)/b11-9-,17-15-/t41-,42+/m1/s1. The minimum Gasteiger partial charge on any atom is -0.480 e. The number of carboxylic acids is 1. The van der Waals surface area contributed by atoms with Crippen molar-refractivity contribution in [2.24, 2.45) is 5.73 Å². The number of esters is 2. The Labute approximate surface area is 347 Å². The van der Waals surface area contributed by atoms with E-state index >= 15 is 0 Å². The highest BCUT2D eigenvalue weighted by molar-refractivity contribution is 7.47. The van der Waals surface area contributed by atoms with Crippen LogP contribution in [0, 0.1) is 0 Å². The van der Waals surface area contributed by atoms with Crippen molar-refractivity contribution >= 4 is 25.7 Å². The van der Waals surface area contributed by atoms with Gasteiger partial charge in [0.05, 0.1) is 13.2 Å². The van der Waals surface area contributed by atoms with Crippen molar-refractivity contribution in [3.63, 3.8) is 0 Å². The molecule has 0 saturated carbocycles. The number of rotatable bonds is 43. The Morgan fingerprint density at radius 3 is 1.42 bits per heavy atom. The Kier molecular flexibility index (Phi) is 39.3. The lowest BCUT2D eigenvalue weighted by Crippen LogP contribution is -2.34. The molecule has 0 aliphatic heterocycles. The van der Waals surface area contributed by atoms with Gasteiger partial charge in [0.15, 0.2) is 6.10 Å². The third-order valence-corrected chi connectivity index (χ3v) is 10.9. The van der Waals surface area contributed by atoms with Gasteiger partial charge in [-0.25, -0.2) is 4.57 Å². The van der Waals surface area contributed by atoms with Gasteiger partial charge in [-0.05, 0) is 38.5 Å². The van der Waals surface area contributed by atoms with Crippen LogP contribution in [0.2, 0.25) is 0 Å². The van der Waals surface area contributed by atoms with E-state index in [4.69, 9.17) is 24.8 Å². The van der Waals surface area contributed by atoms with Gasteiger partial charge >= 0.3 is 25.7 Å². The first-order valence-electron chi connectivity index (χ1n) is 22.9. The topological polar surface area (TPSA) is 172 Å². The molecule has 12 heteroatoms. The van der Waals surface area contributed by atoms with E-state index in [1.807, 2.05) is 0 Å². The van der Waals surface area contributed by atoms with Crippen molar-refractivity contribution in [3.05, 3.63) is 24.3 Å². The first-order valence-corrected chi connectivity index (χ1v) is 24.4. The van der Waals surface area contributed by atoms with Crippen LogP contribution in [-0.4, -0.2) is 59.9 Å². The number of nitrogens with two attached hydrogens (primary N) is 1. The van der Waals surface area contributed by atoms with E-state index in [-0.39, 0.29) is 19.4 Å². The monoisotopic (exact) mass is 830 g/mol. The minimum atomic E-state index is -4.71. The molecular formula is C45H84NO10P. The molecule has 0 rings (SSSR count). The maximum Gasteiger partial charge on any atom is 0.472 e. The number of carboxylic acid groups (broad SMARTS) is 1. The lowest BCUT2D eigenvalue weighted by atomic mass is 10.0. The van der Waals surface area contributed by atoms with E-state index < -0.39 is 51.1 Å². The van der Waals surface area contributed by atoms with E-state index in [0.717, 1.165) is 51.4 Å². The van der Waals surface area contributed by atoms with Crippen molar-refractivity contribution < 1.29 is 47.5 Å². The molecule has 4 N–H and O–H groups in total. The minimum absolute atomic E-state index is 0.159. The van der Waals surface area contributed by atoms with Crippen molar-refractivity contribution in [1.82, 2.24) is 0 Å². The molecule has 0 aromatic carbocycles. The van der Waals surface area contributed by atoms with Crippen LogP contribution in [0.15, 0.2) is 24.3 Å². The number of phosphoric acid groups is 1. The van der Waals surface area contributed by atoms with E-state index in [0.29, 0.717) is 12.8 Å². The number of hydrogen-bond acceptors (Lipinski definition) is 9. The smallest absolute Gasteiger partial charge is 0.472 e. The van der Waals surface area contributed by atoms with Crippen LogP contribution in [0.25, 0.3) is 0 Å². The fraction of sp³-hybridized carbons (Fsp3) is 0.844. The molecule has 0 bridgehead atoms. The van der Waals surface area contributed by atoms with E-state index in [1.54, 1.807) is 0 Å². The summed E-state index contributed by atoms with van der Waals surface area (Å²) in [7, 11) is -4.71. The van der Waals surface area contributed by atoms with Crippen LogP contribution in [0.5, 0.6) is 0 Å². The maximum absolute atomic E-state index is 12.6. The van der Waals surface area contributed by atoms with Gasteiger partial charge < -0.3 is 25.2 Å². The van der Waals surface area contributed by atoms with Crippen LogP contribution in [-0.2, 0) is 37.5 Å². The number of phosphoric ester groups is 1. The second-order valence-electron chi connectivity index (χ2n) is 15.5. The number of carbonyl (C=O) groups is 3. The van der Waals surface area contributed by atoms with Crippen molar-refractivity contribution in [2.45, 2.75) is 225 Å². The van der Waals surface area contributed by atoms with Gasteiger partial charge in [-0.2, -0.15) is 0 Å². The van der Waals surface area contributed by atoms with Gasteiger partial charge in [0.1, 0.15) is 12.6 Å². The van der Waals surface area contributed by atoms with Gasteiger partial charge in [0.2, 0.25) is 0 Å². The molecule has 1 unspecified atom stereocenters. The fourth-order valence-corrected chi connectivity index (χ4v) is 7.10. The molecule has 0 amide bonds. The highest BCUT2D eigenvalue weighted by Crippen LogP contribution is 2.43. The third kappa shape index (κ3) is 40.5. The van der Waals surface area contributed by atoms with Crippen molar-refractivity contribution in [2.75, 3.05) is 19.8 Å². The Balaban J connectivity index is 4.31. The maximum atomic E-state index is 12.6. The molecule has 0 aromatic rings. The zero-order valence-electron chi connectivity index (χ0n) is 36.2. The molecule has 57 heavy (non-hydrogen) atoms. The zero-order chi connectivity index (χ0) is 42.1. The van der Waals surface area contributed by atoms with E-state index in [9.17, 15) is 23.8 Å². The summed E-state index contributed by atoms with van der Waals surface area (Å²) in [5, 5.41) is 8.89. The summed E-state index contributed by atoms with van der Waals surface area (Å²) in [6.07, 6.45) is 42.3. The number of aliphatic carboxylic acids is 1. The zero-order valence-corrected chi connectivity index (χ0v) is 37.1. The normalized spacial score (nSPS) is 13.9. The largest absolute Gasteiger partial charge is 0.480 e. The van der Waals surface area contributed by atoms with Crippen LogP contribution in [0.3, 0.4) is 0 Å².